The van der Waals surface area contributed by atoms with Crippen LogP contribution in [0.15, 0.2) is 72.8 Å². The molecule has 1 saturated heterocycles. The molecule has 7 nitrogen and oxygen atoms in total. The summed E-state index contributed by atoms with van der Waals surface area (Å²) >= 11 is 1.36. The molecule has 9 heteroatoms. The van der Waals surface area contributed by atoms with E-state index in [1.165, 1.54) is 22.7 Å². The van der Waals surface area contributed by atoms with Crippen molar-refractivity contribution in [1.29, 1.82) is 0 Å². The number of hydrogen-bond acceptors (Lipinski definition) is 5. The van der Waals surface area contributed by atoms with Crippen LogP contribution in [0.2, 0.25) is 0 Å². The lowest BCUT2D eigenvalue weighted by Crippen LogP contribution is -2.44. The molecule has 1 N–H and O–H groups in total. The molecule has 0 unspecified atom stereocenters. The molecule has 0 saturated carbocycles. The van der Waals surface area contributed by atoms with Gasteiger partial charge in [-0.1, -0.05) is 60.7 Å². The van der Waals surface area contributed by atoms with Gasteiger partial charge in [0, 0.05) is 29.8 Å². The summed E-state index contributed by atoms with van der Waals surface area (Å²) in [5.41, 5.74) is 5.53. The number of nitrogens with one attached hydrogen (secondary N) is 1. The van der Waals surface area contributed by atoms with Crippen LogP contribution in [-0.4, -0.2) is 53.1 Å². The zero-order valence-electron chi connectivity index (χ0n) is 23.7. The lowest BCUT2D eigenvalue weighted by Gasteiger charge is -2.24. The summed E-state index contributed by atoms with van der Waals surface area (Å²) in [6, 6.07) is 22.3. The molecule has 0 spiro atoms. The second kappa shape index (κ2) is 12.1. The third kappa shape index (κ3) is 5.46. The van der Waals surface area contributed by atoms with E-state index in [1.54, 1.807) is 22.9 Å². The predicted octanol–water partition coefficient (Wildman–Crippen LogP) is 5.76. The van der Waals surface area contributed by atoms with E-state index in [0.29, 0.717) is 35.8 Å². The van der Waals surface area contributed by atoms with E-state index in [4.69, 9.17) is 9.84 Å². The minimum absolute atomic E-state index is 0.0181. The van der Waals surface area contributed by atoms with Crippen LogP contribution >= 0.6 is 11.8 Å². The number of thioether (sulfide) groups is 1. The quantitative estimate of drug-likeness (QED) is 0.299. The van der Waals surface area contributed by atoms with Crippen LogP contribution in [-0.2, 0) is 14.3 Å². The molecule has 0 bridgehead atoms. The maximum atomic E-state index is 15.4. The van der Waals surface area contributed by atoms with Crippen molar-refractivity contribution >= 4 is 29.4 Å². The number of ether oxygens (including phenoxy) is 1. The summed E-state index contributed by atoms with van der Waals surface area (Å²) in [6.45, 7) is 4.94. The zero-order valence-corrected chi connectivity index (χ0v) is 24.5. The van der Waals surface area contributed by atoms with Crippen molar-refractivity contribution in [3.05, 3.63) is 101 Å². The number of benzene rings is 3. The number of rotatable bonds is 7. The molecule has 2 aliphatic rings. The number of anilines is 1. The van der Waals surface area contributed by atoms with E-state index in [0.717, 1.165) is 35.2 Å². The SMILES string of the molecule is Cc1cccc(-n2nc(-c3ccccc3)c3c2N(CC(=O)NC[C@@H]2CCCO2)C(=O)CS[C@@H]3c2ccccc2F)c1C. The molecule has 2 amide bonds. The van der Waals surface area contributed by atoms with Crippen LogP contribution in [0.25, 0.3) is 16.9 Å². The van der Waals surface area contributed by atoms with Gasteiger partial charge in [-0.3, -0.25) is 14.5 Å². The Hall–Kier alpha value is -3.95. The van der Waals surface area contributed by atoms with Gasteiger partial charge >= 0.3 is 0 Å². The molecule has 3 heterocycles. The first-order valence-corrected chi connectivity index (χ1v) is 15.3. The molecule has 1 fully saturated rings. The van der Waals surface area contributed by atoms with Crippen LogP contribution in [0.1, 0.15) is 40.3 Å². The van der Waals surface area contributed by atoms with Gasteiger partial charge in [-0.05, 0) is 49.9 Å². The second-order valence-electron chi connectivity index (χ2n) is 10.7. The zero-order chi connectivity index (χ0) is 29.2. The van der Waals surface area contributed by atoms with Gasteiger partial charge in [0.1, 0.15) is 18.2 Å². The summed E-state index contributed by atoms with van der Waals surface area (Å²) in [6.07, 6.45) is 1.85. The molecule has 0 aliphatic carbocycles. The van der Waals surface area contributed by atoms with E-state index < -0.39 is 5.25 Å². The fourth-order valence-corrected chi connectivity index (χ4v) is 6.85. The third-order valence-electron chi connectivity index (χ3n) is 7.98. The summed E-state index contributed by atoms with van der Waals surface area (Å²) in [5, 5.41) is 7.55. The van der Waals surface area contributed by atoms with Crippen molar-refractivity contribution in [1.82, 2.24) is 15.1 Å². The Balaban J connectivity index is 1.55. The molecule has 42 heavy (non-hydrogen) atoms. The van der Waals surface area contributed by atoms with Crippen LogP contribution in [0.5, 0.6) is 0 Å². The predicted molar refractivity (Wildman–Crippen MR) is 164 cm³/mol. The highest BCUT2D eigenvalue weighted by Crippen LogP contribution is 2.49. The number of halogens is 1. The van der Waals surface area contributed by atoms with Crippen molar-refractivity contribution in [2.45, 2.75) is 38.0 Å². The molecule has 4 aromatic rings. The lowest BCUT2D eigenvalue weighted by atomic mass is 9.99. The van der Waals surface area contributed by atoms with Crippen molar-refractivity contribution in [3.8, 4) is 16.9 Å². The third-order valence-corrected chi connectivity index (χ3v) is 9.22. The average Bonchev–Trinajstić information content (AvgIpc) is 3.63. The molecule has 2 atom stereocenters. The van der Waals surface area contributed by atoms with Gasteiger partial charge in [-0.25, -0.2) is 9.07 Å². The van der Waals surface area contributed by atoms with E-state index in [1.807, 2.05) is 62.4 Å². The number of fused-ring (bicyclic) bond motifs is 1. The van der Waals surface area contributed by atoms with E-state index >= 15 is 4.39 Å². The number of carbonyl (C=O) groups is 2. The van der Waals surface area contributed by atoms with Gasteiger partial charge in [0.05, 0.1) is 28.5 Å². The van der Waals surface area contributed by atoms with Gasteiger partial charge in [0.25, 0.3) is 0 Å². The van der Waals surface area contributed by atoms with Gasteiger partial charge < -0.3 is 10.1 Å². The summed E-state index contributed by atoms with van der Waals surface area (Å²) in [7, 11) is 0. The van der Waals surface area contributed by atoms with Crippen LogP contribution in [0.3, 0.4) is 0 Å². The second-order valence-corrected chi connectivity index (χ2v) is 11.8. The Morgan fingerprint density at radius 1 is 1.07 bits per heavy atom. The molecule has 6 rings (SSSR count). The van der Waals surface area contributed by atoms with Gasteiger partial charge in [-0.15, -0.1) is 11.8 Å². The molecule has 1 aromatic heterocycles. The number of nitrogens with zero attached hydrogens (tertiary/aromatic N) is 3. The van der Waals surface area contributed by atoms with Crippen molar-refractivity contribution < 1.29 is 18.7 Å². The molecule has 3 aromatic carbocycles. The topological polar surface area (TPSA) is 76.5 Å². The van der Waals surface area contributed by atoms with E-state index in [2.05, 4.69) is 5.32 Å². The van der Waals surface area contributed by atoms with Crippen LogP contribution in [0.4, 0.5) is 10.2 Å². The summed E-state index contributed by atoms with van der Waals surface area (Å²) in [5.74, 6) is -0.312. The molecular formula is C33H33FN4O3S. The highest BCUT2D eigenvalue weighted by Gasteiger charge is 2.38. The Kier molecular flexibility index (Phi) is 8.13. The number of amides is 2. The lowest BCUT2D eigenvalue weighted by molar-refractivity contribution is -0.123. The smallest absolute Gasteiger partial charge is 0.240 e. The first kappa shape index (κ1) is 28.2. The van der Waals surface area contributed by atoms with Crippen molar-refractivity contribution in [2.24, 2.45) is 0 Å². The van der Waals surface area contributed by atoms with E-state index in [-0.39, 0.29) is 36.0 Å². The minimum Gasteiger partial charge on any atom is -0.376 e. The first-order valence-electron chi connectivity index (χ1n) is 14.2. The number of carbonyl (C=O) groups excluding carboxylic acids is 2. The van der Waals surface area contributed by atoms with Crippen molar-refractivity contribution in [3.63, 3.8) is 0 Å². The first-order chi connectivity index (χ1) is 20.4. The normalized spacial score (nSPS) is 18.5. The largest absolute Gasteiger partial charge is 0.376 e. The number of hydrogen-bond donors (Lipinski definition) is 1. The van der Waals surface area contributed by atoms with Crippen LogP contribution < -0.4 is 10.2 Å². The standard InChI is InChI=1S/C33H33FN4O3S/c1-21-10-8-16-27(22(21)2)38-33-30(31(36-38)23-11-4-3-5-12-23)32(25-14-6-7-15-26(25)34)42-20-29(40)37(33)19-28(39)35-18-24-13-9-17-41-24/h3-8,10-12,14-16,24,32H,9,13,17-20H2,1-2H3,(H,35,39)/t24-,32+/m0/s1. The Morgan fingerprint density at radius 2 is 1.86 bits per heavy atom. The van der Waals surface area contributed by atoms with Gasteiger partial charge in [0.15, 0.2) is 0 Å². The highest BCUT2D eigenvalue weighted by molar-refractivity contribution is 8.00. The number of aromatic nitrogens is 2. The maximum absolute atomic E-state index is 15.4. The molecule has 0 radical (unpaired) electrons. The maximum Gasteiger partial charge on any atom is 0.240 e. The fraction of sp³-hybridized carbons (Fsp3) is 0.303. The Morgan fingerprint density at radius 3 is 2.62 bits per heavy atom. The van der Waals surface area contributed by atoms with E-state index in [9.17, 15) is 9.59 Å². The van der Waals surface area contributed by atoms with Crippen LogP contribution in [0, 0.1) is 19.7 Å². The van der Waals surface area contributed by atoms with Gasteiger partial charge in [-0.2, -0.15) is 5.10 Å². The van der Waals surface area contributed by atoms with Crippen molar-refractivity contribution in [2.75, 3.05) is 30.3 Å². The molecule has 2 aliphatic heterocycles. The summed E-state index contributed by atoms with van der Waals surface area (Å²) in [4.78, 5) is 28.7. The summed E-state index contributed by atoms with van der Waals surface area (Å²) < 4.78 is 22.9. The Bertz CT molecular complexity index is 1620. The fourth-order valence-electron chi connectivity index (χ4n) is 5.63. The average molecular weight is 585 g/mol. The number of aryl methyl sites for hydroxylation is 1. The highest BCUT2D eigenvalue weighted by atomic mass is 32.2. The van der Waals surface area contributed by atoms with Gasteiger partial charge in [0.2, 0.25) is 11.8 Å². The Labute approximate surface area is 249 Å². The molecular weight excluding hydrogens is 551 g/mol. The minimum atomic E-state index is -0.529. The molecule has 216 valence electrons. The monoisotopic (exact) mass is 584 g/mol.